The third kappa shape index (κ3) is 3.85. The van der Waals surface area contributed by atoms with E-state index in [1.165, 1.54) is 13.0 Å². The number of hydrogen-bond acceptors (Lipinski definition) is 3. The Hall–Kier alpha value is -2.44. The zero-order valence-corrected chi connectivity index (χ0v) is 12.2. The summed E-state index contributed by atoms with van der Waals surface area (Å²) in [6.45, 7) is 1.09. The third-order valence-electron chi connectivity index (χ3n) is 3.14. The summed E-state index contributed by atoms with van der Waals surface area (Å²) in [5.74, 6) is -5.87. The zero-order valence-electron chi connectivity index (χ0n) is 12.2. The SMILES string of the molecule is CCOC(=O)C(F)(F)CC(=C(F)F)c1cnc2ccccc2c1. The van der Waals surface area contributed by atoms with Gasteiger partial charge in [0.2, 0.25) is 0 Å². The van der Waals surface area contributed by atoms with Crippen molar-refractivity contribution in [2.24, 2.45) is 0 Å². The molecule has 2 rings (SSSR count). The lowest BCUT2D eigenvalue weighted by molar-refractivity contribution is -0.170. The quantitative estimate of drug-likeness (QED) is 0.602. The number of carbonyl (C=O) groups is 1. The Morgan fingerprint density at radius 2 is 1.96 bits per heavy atom. The van der Waals surface area contributed by atoms with Gasteiger partial charge in [-0.15, -0.1) is 0 Å². The van der Waals surface area contributed by atoms with Crippen molar-refractivity contribution in [2.45, 2.75) is 19.3 Å². The highest BCUT2D eigenvalue weighted by Gasteiger charge is 2.42. The number of alkyl halides is 2. The van der Waals surface area contributed by atoms with Crippen LogP contribution in [-0.4, -0.2) is 23.5 Å². The molecule has 0 aliphatic rings. The number of para-hydroxylation sites is 1. The maximum Gasteiger partial charge on any atom is 0.377 e. The largest absolute Gasteiger partial charge is 0.462 e. The van der Waals surface area contributed by atoms with E-state index in [2.05, 4.69) is 9.72 Å². The Morgan fingerprint density at radius 3 is 2.61 bits per heavy atom. The number of allylic oxidation sites excluding steroid dienone is 1. The fraction of sp³-hybridized carbons (Fsp3) is 0.250. The summed E-state index contributed by atoms with van der Waals surface area (Å²) in [5.41, 5.74) is -0.541. The van der Waals surface area contributed by atoms with Crippen LogP contribution >= 0.6 is 0 Å². The second kappa shape index (κ2) is 6.76. The fourth-order valence-corrected chi connectivity index (χ4v) is 2.04. The van der Waals surface area contributed by atoms with Crippen molar-refractivity contribution < 1.29 is 27.1 Å². The molecular formula is C16H13F4NO2. The Morgan fingerprint density at radius 1 is 1.26 bits per heavy atom. The molecule has 0 atom stereocenters. The van der Waals surface area contributed by atoms with Gasteiger partial charge in [0.05, 0.1) is 18.5 Å². The average Bonchev–Trinajstić information content (AvgIpc) is 2.52. The van der Waals surface area contributed by atoms with E-state index >= 15 is 0 Å². The van der Waals surface area contributed by atoms with Crippen LogP contribution < -0.4 is 0 Å². The van der Waals surface area contributed by atoms with E-state index in [-0.39, 0.29) is 12.2 Å². The van der Waals surface area contributed by atoms with Crippen LogP contribution in [0.3, 0.4) is 0 Å². The molecule has 0 amide bonds. The number of rotatable bonds is 5. The number of ether oxygens (including phenoxy) is 1. The minimum atomic E-state index is -4.04. The monoisotopic (exact) mass is 327 g/mol. The van der Waals surface area contributed by atoms with Crippen LogP contribution in [0.1, 0.15) is 18.9 Å². The lowest BCUT2D eigenvalue weighted by Crippen LogP contribution is -2.31. The van der Waals surface area contributed by atoms with Gasteiger partial charge in [0.25, 0.3) is 6.08 Å². The molecule has 0 saturated heterocycles. The molecule has 0 fully saturated rings. The number of halogens is 4. The Bertz CT molecular complexity index is 755. The average molecular weight is 327 g/mol. The molecule has 23 heavy (non-hydrogen) atoms. The van der Waals surface area contributed by atoms with Crippen molar-refractivity contribution in [3.05, 3.63) is 48.2 Å². The zero-order chi connectivity index (χ0) is 17.0. The molecule has 0 spiro atoms. The van der Waals surface area contributed by atoms with Crippen LogP contribution in [0.2, 0.25) is 0 Å². The van der Waals surface area contributed by atoms with E-state index in [9.17, 15) is 22.4 Å². The molecule has 1 heterocycles. The molecule has 3 nitrogen and oxygen atoms in total. The highest BCUT2D eigenvalue weighted by molar-refractivity contribution is 5.85. The molecule has 0 N–H and O–H groups in total. The van der Waals surface area contributed by atoms with Crippen molar-refractivity contribution in [1.82, 2.24) is 4.98 Å². The van der Waals surface area contributed by atoms with Gasteiger partial charge in [-0.05, 0) is 19.1 Å². The van der Waals surface area contributed by atoms with Crippen LogP contribution in [0, 0.1) is 0 Å². The number of fused-ring (bicyclic) bond motifs is 1. The van der Waals surface area contributed by atoms with Gasteiger partial charge >= 0.3 is 11.9 Å². The number of carbonyl (C=O) groups excluding carboxylic acids is 1. The van der Waals surface area contributed by atoms with E-state index in [1.54, 1.807) is 24.3 Å². The normalized spacial score (nSPS) is 11.3. The lowest BCUT2D eigenvalue weighted by atomic mass is 10.0. The molecule has 1 aromatic carbocycles. The smallest absolute Gasteiger partial charge is 0.377 e. The first-order chi connectivity index (χ1) is 10.8. The summed E-state index contributed by atoms with van der Waals surface area (Å²) < 4.78 is 58.0. The van der Waals surface area contributed by atoms with Crippen LogP contribution in [0.5, 0.6) is 0 Å². The van der Waals surface area contributed by atoms with E-state index in [0.29, 0.717) is 10.9 Å². The van der Waals surface area contributed by atoms with Crippen molar-refractivity contribution >= 4 is 22.4 Å². The summed E-state index contributed by atoms with van der Waals surface area (Å²) >= 11 is 0. The molecule has 0 unspecified atom stereocenters. The number of aromatic nitrogens is 1. The van der Waals surface area contributed by atoms with Crippen molar-refractivity contribution in [1.29, 1.82) is 0 Å². The van der Waals surface area contributed by atoms with Gasteiger partial charge in [-0.3, -0.25) is 4.98 Å². The van der Waals surface area contributed by atoms with Crippen LogP contribution in [0.25, 0.3) is 16.5 Å². The number of esters is 1. The van der Waals surface area contributed by atoms with Gasteiger partial charge in [0, 0.05) is 22.7 Å². The molecule has 0 saturated carbocycles. The highest BCUT2D eigenvalue weighted by Crippen LogP contribution is 2.34. The topological polar surface area (TPSA) is 39.2 Å². The standard InChI is InChI=1S/C16H13F4NO2/c1-2-23-15(22)16(19,20)8-12(14(17)18)11-7-10-5-3-4-6-13(10)21-9-11/h3-7,9H,2,8H2,1H3. The predicted octanol–water partition coefficient (Wildman–Crippen LogP) is 4.43. The van der Waals surface area contributed by atoms with Gasteiger partial charge in [-0.2, -0.15) is 17.6 Å². The van der Waals surface area contributed by atoms with Crippen LogP contribution in [0.4, 0.5) is 17.6 Å². The predicted molar refractivity (Wildman–Crippen MR) is 77.1 cm³/mol. The molecule has 0 bridgehead atoms. The minimum Gasteiger partial charge on any atom is -0.462 e. The molecule has 0 aliphatic carbocycles. The summed E-state index contributed by atoms with van der Waals surface area (Å²) in [4.78, 5) is 15.2. The molecular weight excluding hydrogens is 314 g/mol. The Labute approximate surface area is 129 Å². The van der Waals surface area contributed by atoms with Gasteiger partial charge in [0.1, 0.15) is 0 Å². The van der Waals surface area contributed by atoms with E-state index in [4.69, 9.17) is 0 Å². The maximum atomic E-state index is 13.8. The molecule has 122 valence electrons. The van der Waals surface area contributed by atoms with Gasteiger partial charge in [-0.25, -0.2) is 4.79 Å². The second-order valence-electron chi connectivity index (χ2n) is 4.76. The van der Waals surface area contributed by atoms with Gasteiger partial charge < -0.3 is 4.74 Å². The lowest BCUT2D eigenvalue weighted by Gasteiger charge is -2.16. The maximum absolute atomic E-state index is 13.8. The summed E-state index contributed by atoms with van der Waals surface area (Å²) in [6, 6.07) is 8.02. The summed E-state index contributed by atoms with van der Waals surface area (Å²) in [6.07, 6.45) is -2.65. The fourth-order valence-electron chi connectivity index (χ4n) is 2.04. The summed E-state index contributed by atoms with van der Waals surface area (Å²) in [5, 5.41) is 0.531. The summed E-state index contributed by atoms with van der Waals surface area (Å²) in [7, 11) is 0. The van der Waals surface area contributed by atoms with Crippen LogP contribution in [-0.2, 0) is 9.53 Å². The third-order valence-corrected chi connectivity index (χ3v) is 3.14. The van der Waals surface area contributed by atoms with Crippen molar-refractivity contribution in [3.8, 4) is 0 Å². The number of hydrogen-bond donors (Lipinski definition) is 0. The first-order valence-corrected chi connectivity index (χ1v) is 6.79. The highest BCUT2D eigenvalue weighted by atomic mass is 19.3. The molecule has 2 aromatic rings. The van der Waals surface area contributed by atoms with Gasteiger partial charge in [0.15, 0.2) is 0 Å². The minimum absolute atomic E-state index is 0.160. The Kier molecular flexibility index (Phi) is 4.98. The molecule has 1 aromatic heterocycles. The van der Waals surface area contributed by atoms with Crippen molar-refractivity contribution in [3.63, 3.8) is 0 Å². The first kappa shape index (κ1) is 16.9. The van der Waals surface area contributed by atoms with Crippen molar-refractivity contribution in [2.75, 3.05) is 6.61 Å². The first-order valence-electron chi connectivity index (χ1n) is 6.79. The van der Waals surface area contributed by atoms with E-state index < -0.39 is 30.0 Å². The molecule has 0 aliphatic heterocycles. The number of benzene rings is 1. The Balaban J connectivity index is 2.38. The molecule has 7 heteroatoms. The number of pyridine rings is 1. The van der Waals surface area contributed by atoms with E-state index in [1.807, 2.05) is 0 Å². The van der Waals surface area contributed by atoms with Crippen LogP contribution in [0.15, 0.2) is 42.6 Å². The number of nitrogens with zero attached hydrogens (tertiary/aromatic N) is 1. The van der Waals surface area contributed by atoms with E-state index in [0.717, 1.165) is 6.20 Å². The molecule has 0 radical (unpaired) electrons. The second-order valence-corrected chi connectivity index (χ2v) is 4.76. The van der Waals surface area contributed by atoms with Gasteiger partial charge in [-0.1, -0.05) is 18.2 Å².